The summed E-state index contributed by atoms with van der Waals surface area (Å²) in [4.78, 5) is 24.5. The van der Waals surface area contributed by atoms with E-state index < -0.39 is 42.1 Å². The monoisotopic (exact) mass is 441 g/mol. The first-order valence-electron chi connectivity index (χ1n) is 10.7. The highest BCUT2D eigenvalue weighted by Gasteiger charge is 2.52. The van der Waals surface area contributed by atoms with Gasteiger partial charge in [0.1, 0.15) is 5.82 Å². The number of anilines is 1. The number of rotatable bonds is 6. The Labute approximate surface area is 188 Å². The van der Waals surface area contributed by atoms with Crippen molar-refractivity contribution < 1.29 is 28.0 Å². The quantitative estimate of drug-likeness (QED) is 0.543. The highest BCUT2D eigenvalue weighted by atomic mass is 19.1. The number of hydrogen-bond acceptors (Lipinski definition) is 5. The summed E-state index contributed by atoms with van der Waals surface area (Å²) in [6.07, 6.45) is -0.573. The summed E-state index contributed by atoms with van der Waals surface area (Å²) in [6.45, 7) is 11.2. The summed E-state index contributed by atoms with van der Waals surface area (Å²) in [5, 5.41) is 2.77. The van der Waals surface area contributed by atoms with Gasteiger partial charge in [-0.05, 0) is 69.4 Å². The number of ether oxygens (including phenoxy) is 1. The molecule has 0 aliphatic carbocycles. The maximum atomic E-state index is 13.7. The molecule has 1 N–H and O–H groups in total. The number of benzene rings is 2. The summed E-state index contributed by atoms with van der Waals surface area (Å²) in [5.41, 5.74) is 1.71. The van der Waals surface area contributed by atoms with Crippen molar-refractivity contribution in [2.45, 2.75) is 65.3 Å². The van der Waals surface area contributed by atoms with Gasteiger partial charge in [0.15, 0.2) is 0 Å². The minimum absolute atomic E-state index is 0.252. The zero-order valence-corrected chi connectivity index (χ0v) is 19.3. The first-order valence-corrected chi connectivity index (χ1v) is 10.7. The molecule has 6 nitrogen and oxygen atoms in total. The molecule has 0 saturated carbocycles. The second-order valence-electron chi connectivity index (χ2n) is 8.89. The molecule has 0 radical (unpaired) electrons. The molecule has 1 aliphatic heterocycles. The van der Waals surface area contributed by atoms with Crippen molar-refractivity contribution in [3.8, 4) is 0 Å². The topological polar surface area (TPSA) is 73.9 Å². The van der Waals surface area contributed by atoms with Crippen LogP contribution in [0.2, 0.25) is 0 Å². The van der Waals surface area contributed by atoms with Crippen molar-refractivity contribution in [2.24, 2.45) is 0 Å². The Bertz CT molecular complexity index is 1010. The molecule has 0 aromatic heterocycles. The number of carbonyl (C=O) groups excluding carboxylic acids is 2. The highest BCUT2D eigenvalue weighted by Crippen LogP contribution is 2.37. The fraction of sp³-hybridized carbons (Fsp3) is 0.417. The molecule has 0 spiro atoms. The maximum absolute atomic E-state index is 13.7. The molecule has 32 heavy (non-hydrogen) atoms. The van der Waals surface area contributed by atoms with Crippen molar-refractivity contribution in [1.82, 2.24) is 0 Å². The van der Waals surface area contributed by atoms with Crippen LogP contribution in [0.4, 0.5) is 10.1 Å². The van der Waals surface area contributed by atoms with Crippen molar-refractivity contribution >= 4 is 30.1 Å². The van der Waals surface area contributed by atoms with Crippen molar-refractivity contribution in [1.29, 1.82) is 0 Å². The molecular weight excluding hydrogens is 412 g/mol. The third-order valence-electron chi connectivity index (χ3n) is 5.97. The lowest BCUT2D eigenvalue weighted by atomic mass is 9.75. The van der Waals surface area contributed by atoms with Crippen LogP contribution in [-0.2, 0) is 30.1 Å². The molecule has 1 heterocycles. The van der Waals surface area contributed by atoms with Crippen LogP contribution < -0.4 is 10.8 Å². The lowest BCUT2D eigenvalue weighted by Crippen LogP contribution is -2.41. The van der Waals surface area contributed by atoms with Crippen LogP contribution in [0.25, 0.3) is 0 Å². The largest absolute Gasteiger partial charge is 0.495 e. The lowest BCUT2D eigenvalue weighted by molar-refractivity contribution is -0.152. The van der Waals surface area contributed by atoms with Gasteiger partial charge in [-0.3, -0.25) is 9.59 Å². The van der Waals surface area contributed by atoms with E-state index >= 15 is 0 Å². The Morgan fingerprint density at radius 1 is 1.09 bits per heavy atom. The zero-order valence-electron chi connectivity index (χ0n) is 19.3. The van der Waals surface area contributed by atoms with Gasteiger partial charge in [0.2, 0.25) is 6.10 Å². The molecule has 1 atom stereocenters. The Balaban J connectivity index is 1.84. The third-order valence-corrected chi connectivity index (χ3v) is 5.97. The molecule has 1 unspecified atom stereocenters. The average Bonchev–Trinajstić information content (AvgIpc) is 2.92. The number of hydrogen-bond donors (Lipinski definition) is 1. The second-order valence-corrected chi connectivity index (χ2v) is 8.89. The van der Waals surface area contributed by atoms with Crippen LogP contribution >= 0.6 is 0 Å². The van der Waals surface area contributed by atoms with Crippen LogP contribution in [0.3, 0.4) is 0 Å². The minimum Gasteiger partial charge on any atom is -0.447 e. The Morgan fingerprint density at radius 3 is 2.31 bits per heavy atom. The standard InChI is InChI=1S/C24H29BFNO5/c1-7-16-14-19(11-12-20(16)25-31-23(3,4)24(5,6)32-25)27-22(29)21(30-15(2)28)17-9-8-10-18(26)13-17/h8-14,21H,7H2,1-6H3,(H,27,29). The van der Waals surface area contributed by atoms with Gasteiger partial charge in [-0.2, -0.15) is 0 Å². The molecule has 170 valence electrons. The number of carbonyl (C=O) groups is 2. The van der Waals surface area contributed by atoms with Crippen molar-refractivity contribution in [3.63, 3.8) is 0 Å². The molecule has 2 aromatic carbocycles. The summed E-state index contributed by atoms with van der Waals surface area (Å²) in [7, 11) is -0.513. The van der Waals surface area contributed by atoms with E-state index in [9.17, 15) is 14.0 Å². The normalized spacial score (nSPS) is 17.7. The molecule has 1 saturated heterocycles. The first-order chi connectivity index (χ1) is 14.9. The van der Waals surface area contributed by atoms with Crippen LogP contribution in [0, 0.1) is 5.82 Å². The number of esters is 1. The highest BCUT2D eigenvalue weighted by molar-refractivity contribution is 6.62. The molecule has 2 aromatic rings. The Hall–Kier alpha value is -2.71. The fourth-order valence-electron chi connectivity index (χ4n) is 3.51. The predicted molar refractivity (Wildman–Crippen MR) is 121 cm³/mol. The summed E-state index contributed by atoms with van der Waals surface area (Å²) < 4.78 is 31.2. The van der Waals surface area contributed by atoms with Crippen molar-refractivity contribution in [3.05, 3.63) is 59.4 Å². The van der Waals surface area contributed by atoms with E-state index in [4.69, 9.17) is 14.0 Å². The number of halogens is 1. The van der Waals surface area contributed by atoms with E-state index in [-0.39, 0.29) is 5.56 Å². The van der Waals surface area contributed by atoms with E-state index in [0.717, 1.165) is 11.0 Å². The number of amides is 1. The smallest absolute Gasteiger partial charge is 0.447 e. The first kappa shape index (κ1) is 23.9. The number of nitrogens with one attached hydrogen (secondary N) is 1. The van der Waals surface area contributed by atoms with E-state index in [2.05, 4.69) is 5.32 Å². The molecule has 8 heteroatoms. The molecule has 1 amide bonds. The van der Waals surface area contributed by atoms with Gasteiger partial charge in [0.25, 0.3) is 5.91 Å². The van der Waals surface area contributed by atoms with E-state index in [1.165, 1.54) is 31.2 Å². The Kier molecular flexibility index (Phi) is 6.76. The van der Waals surface area contributed by atoms with Gasteiger partial charge in [-0.25, -0.2) is 4.39 Å². The second kappa shape index (κ2) is 9.04. The summed E-state index contributed by atoms with van der Waals surface area (Å²) >= 11 is 0. The lowest BCUT2D eigenvalue weighted by Gasteiger charge is -2.32. The van der Waals surface area contributed by atoms with Crippen LogP contribution in [0.1, 0.15) is 58.8 Å². The average molecular weight is 441 g/mol. The fourth-order valence-corrected chi connectivity index (χ4v) is 3.51. The molecule has 1 aliphatic rings. The van der Waals surface area contributed by atoms with Gasteiger partial charge in [-0.1, -0.05) is 25.1 Å². The predicted octanol–water partition coefficient (Wildman–Crippen LogP) is 3.93. The Morgan fingerprint density at radius 2 is 1.75 bits per heavy atom. The number of aryl methyl sites for hydroxylation is 1. The van der Waals surface area contributed by atoms with Crippen LogP contribution in [0.5, 0.6) is 0 Å². The van der Waals surface area contributed by atoms with Crippen LogP contribution in [0.15, 0.2) is 42.5 Å². The van der Waals surface area contributed by atoms with Crippen molar-refractivity contribution in [2.75, 3.05) is 5.32 Å². The van der Waals surface area contributed by atoms with E-state index in [1.807, 2.05) is 46.8 Å². The van der Waals surface area contributed by atoms with E-state index in [1.54, 1.807) is 6.07 Å². The summed E-state index contributed by atoms with van der Waals surface area (Å²) in [5.74, 6) is -1.73. The van der Waals surface area contributed by atoms with Gasteiger partial charge in [0.05, 0.1) is 11.2 Å². The minimum atomic E-state index is -1.27. The van der Waals surface area contributed by atoms with Gasteiger partial charge in [0, 0.05) is 18.2 Å². The van der Waals surface area contributed by atoms with E-state index in [0.29, 0.717) is 12.1 Å². The van der Waals surface area contributed by atoms with Gasteiger partial charge < -0.3 is 19.4 Å². The maximum Gasteiger partial charge on any atom is 0.495 e. The molecule has 0 bridgehead atoms. The van der Waals surface area contributed by atoms with Gasteiger partial charge >= 0.3 is 13.1 Å². The zero-order chi connectivity index (χ0) is 23.7. The third kappa shape index (κ3) is 5.02. The van der Waals surface area contributed by atoms with Crippen LogP contribution in [-0.4, -0.2) is 30.2 Å². The molecular formula is C24H29BFNO5. The summed E-state index contributed by atoms with van der Waals surface area (Å²) in [6, 6.07) is 10.9. The van der Waals surface area contributed by atoms with Gasteiger partial charge in [-0.15, -0.1) is 0 Å². The SMILES string of the molecule is CCc1cc(NC(=O)C(OC(C)=O)c2cccc(F)c2)ccc1B1OC(C)(C)C(C)(C)O1. The molecule has 1 fully saturated rings. The molecule has 3 rings (SSSR count).